The van der Waals surface area contributed by atoms with Crippen LogP contribution in [0.5, 0.6) is 0 Å². The maximum Gasteiger partial charge on any atom is 0.251 e. The van der Waals surface area contributed by atoms with E-state index < -0.39 is 6.04 Å². The van der Waals surface area contributed by atoms with Crippen molar-refractivity contribution in [2.75, 3.05) is 19.0 Å². The Hall–Kier alpha value is -4.03. The lowest BCUT2D eigenvalue weighted by Crippen LogP contribution is -2.27. The van der Waals surface area contributed by atoms with Gasteiger partial charge >= 0.3 is 0 Å². The van der Waals surface area contributed by atoms with Crippen LogP contribution in [0.3, 0.4) is 0 Å². The van der Waals surface area contributed by atoms with Crippen molar-refractivity contribution < 1.29 is 9.53 Å². The minimum absolute atomic E-state index is 0.0837. The van der Waals surface area contributed by atoms with Crippen LogP contribution in [-0.2, 0) is 16.1 Å². The van der Waals surface area contributed by atoms with Gasteiger partial charge < -0.3 is 14.6 Å². The van der Waals surface area contributed by atoms with Crippen LogP contribution < -0.4 is 10.9 Å². The topological polar surface area (TPSA) is 122 Å². The van der Waals surface area contributed by atoms with Crippen molar-refractivity contribution in [3.63, 3.8) is 0 Å². The number of hydrogen-bond acceptors (Lipinski definition) is 7. The molecule has 238 valence electrons. The fourth-order valence-corrected chi connectivity index (χ4v) is 6.34. The average Bonchev–Trinajstić information content (AvgIpc) is 3.65. The Labute approximate surface area is 280 Å². The number of hydrogen-bond donors (Lipinski definition) is 1. The van der Waals surface area contributed by atoms with Crippen molar-refractivity contribution in [2.45, 2.75) is 45.2 Å². The lowest BCUT2D eigenvalue weighted by atomic mass is 9.96. The van der Waals surface area contributed by atoms with Gasteiger partial charge in [-0.1, -0.05) is 53.4 Å². The van der Waals surface area contributed by atoms with Crippen LogP contribution in [0.15, 0.2) is 66.0 Å². The molecule has 1 aromatic carbocycles. The second-order valence-corrected chi connectivity index (χ2v) is 12.4. The number of methoxy groups -OCH3 is 1. The number of nitrogens with one attached hydrogen (secondary N) is 1. The van der Waals surface area contributed by atoms with E-state index in [1.54, 1.807) is 54.7 Å². The molecule has 5 heterocycles. The minimum atomic E-state index is -0.449. The number of anilines is 1. The first-order valence-electron chi connectivity index (χ1n) is 14.8. The molecule has 1 aliphatic rings. The van der Waals surface area contributed by atoms with Gasteiger partial charge in [-0.15, -0.1) is 5.10 Å². The van der Waals surface area contributed by atoms with Gasteiger partial charge in [-0.2, -0.15) is 5.10 Å². The SMILES string of the molecule is COCCCn1ncc2c1-c1ccnc(c1)[C@@H](n1cc(Cl)c(-c3cc(Cl)ccc3-n3cc(Cl)nn3)cc1=O)CCC[C@@H](C)C(=O)N2. The van der Waals surface area contributed by atoms with E-state index >= 15 is 0 Å². The first-order chi connectivity index (χ1) is 22.2. The van der Waals surface area contributed by atoms with E-state index in [2.05, 4.69) is 20.7 Å². The first kappa shape index (κ1) is 31.9. The van der Waals surface area contributed by atoms with Crippen molar-refractivity contribution in [1.82, 2.24) is 34.3 Å². The summed E-state index contributed by atoms with van der Waals surface area (Å²) in [7, 11) is 1.66. The zero-order valence-corrected chi connectivity index (χ0v) is 27.4. The van der Waals surface area contributed by atoms with Gasteiger partial charge in [-0.3, -0.25) is 19.3 Å². The van der Waals surface area contributed by atoms with Gasteiger partial charge in [0.2, 0.25) is 5.91 Å². The molecule has 11 nitrogen and oxygen atoms in total. The number of amides is 1. The highest BCUT2D eigenvalue weighted by atomic mass is 35.5. The molecule has 1 aliphatic heterocycles. The van der Waals surface area contributed by atoms with Gasteiger partial charge in [0, 0.05) is 66.4 Å². The molecule has 0 unspecified atom stereocenters. The summed E-state index contributed by atoms with van der Waals surface area (Å²) in [5.74, 6) is -0.343. The molecule has 6 rings (SSSR count). The molecule has 2 atom stereocenters. The van der Waals surface area contributed by atoms with Crippen LogP contribution in [0.4, 0.5) is 5.69 Å². The molecule has 2 bridgehead atoms. The Morgan fingerprint density at radius 1 is 1.04 bits per heavy atom. The fraction of sp³-hybridized carbons (Fsp3) is 0.312. The number of fused-ring (bicyclic) bond motifs is 4. The number of aromatic nitrogens is 7. The third-order valence-electron chi connectivity index (χ3n) is 8.10. The summed E-state index contributed by atoms with van der Waals surface area (Å²) in [6, 6.07) is 10.1. The third-order valence-corrected chi connectivity index (χ3v) is 8.81. The summed E-state index contributed by atoms with van der Waals surface area (Å²) in [6.07, 6.45) is 9.18. The third kappa shape index (κ3) is 6.59. The second-order valence-electron chi connectivity index (χ2n) is 11.2. The number of aryl methyl sites for hydroxylation is 1. The van der Waals surface area contributed by atoms with E-state index in [4.69, 9.17) is 44.5 Å². The summed E-state index contributed by atoms with van der Waals surface area (Å²) in [5, 5.41) is 16.6. The molecule has 0 saturated carbocycles. The standard InChI is InChI=1S/C32H31Cl3N8O3/c1-19-5-3-6-28(25-13-20(9-10-36-25)31-26(38-32(19)45)16-37-42(31)11-4-12-46-2)41-17-24(34)22(15-30(41)44)23-14-21(33)7-8-27(23)43-18-29(35)39-40-43/h7-10,13-19,28H,3-6,11-12H2,1-2H3,(H,38,45)/t19-,28+/m1/s1. The zero-order chi connectivity index (χ0) is 32.4. The largest absolute Gasteiger partial charge is 0.385 e. The van der Waals surface area contributed by atoms with Gasteiger partial charge in [0.15, 0.2) is 5.15 Å². The molecule has 4 aromatic heterocycles. The van der Waals surface area contributed by atoms with E-state index in [1.165, 1.54) is 10.7 Å². The Morgan fingerprint density at radius 3 is 2.67 bits per heavy atom. The summed E-state index contributed by atoms with van der Waals surface area (Å²) in [6.45, 7) is 3.07. The lowest BCUT2D eigenvalue weighted by molar-refractivity contribution is -0.119. The highest BCUT2D eigenvalue weighted by Gasteiger charge is 2.25. The normalized spacial score (nSPS) is 16.8. The average molecular weight is 682 g/mol. The van der Waals surface area contributed by atoms with Crippen LogP contribution in [-0.4, -0.2) is 53.9 Å². The summed E-state index contributed by atoms with van der Waals surface area (Å²) in [5.41, 5.74) is 4.31. The molecular formula is C32H31Cl3N8O3. The van der Waals surface area contributed by atoms with E-state index in [0.29, 0.717) is 70.7 Å². The highest BCUT2D eigenvalue weighted by Crippen LogP contribution is 2.36. The minimum Gasteiger partial charge on any atom is -0.385 e. The summed E-state index contributed by atoms with van der Waals surface area (Å²) in [4.78, 5) is 31.9. The molecule has 46 heavy (non-hydrogen) atoms. The first-order valence-corrected chi connectivity index (χ1v) is 16.0. The van der Waals surface area contributed by atoms with Crippen molar-refractivity contribution in [1.29, 1.82) is 0 Å². The Morgan fingerprint density at radius 2 is 1.89 bits per heavy atom. The van der Waals surface area contributed by atoms with E-state index in [1.807, 2.05) is 23.7 Å². The molecule has 5 aromatic rings. The monoisotopic (exact) mass is 680 g/mol. The fourth-order valence-electron chi connectivity index (χ4n) is 5.78. The molecular weight excluding hydrogens is 651 g/mol. The number of carbonyl (C=O) groups excluding carboxylic acids is 1. The van der Waals surface area contributed by atoms with Gasteiger partial charge in [0.25, 0.3) is 5.56 Å². The van der Waals surface area contributed by atoms with Crippen LogP contribution in [0, 0.1) is 5.92 Å². The van der Waals surface area contributed by atoms with Crippen molar-refractivity contribution >= 4 is 46.4 Å². The van der Waals surface area contributed by atoms with E-state index in [0.717, 1.165) is 17.7 Å². The number of pyridine rings is 2. The van der Waals surface area contributed by atoms with E-state index in [9.17, 15) is 9.59 Å². The molecule has 0 fully saturated rings. The molecule has 0 radical (unpaired) electrons. The summed E-state index contributed by atoms with van der Waals surface area (Å²) < 4.78 is 10.2. The van der Waals surface area contributed by atoms with Gasteiger partial charge in [0.1, 0.15) is 0 Å². The van der Waals surface area contributed by atoms with Gasteiger partial charge in [0.05, 0.1) is 46.2 Å². The predicted molar refractivity (Wildman–Crippen MR) is 178 cm³/mol. The number of carbonyl (C=O) groups is 1. The maximum absolute atomic E-state index is 13.9. The quantitative estimate of drug-likeness (QED) is 0.190. The highest BCUT2D eigenvalue weighted by molar-refractivity contribution is 6.34. The van der Waals surface area contributed by atoms with Crippen LogP contribution in [0.25, 0.3) is 28.1 Å². The number of halogens is 3. The van der Waals surface area contributed by atoms with Crippen molar-refractivity contribution in [3.05, 3.63) is 92.4 Å². The molecule has 14 heteroatoms. The Bertz CT molecular complexity index is 1950. The van der Waals surface area contributed by atoms with Crippen molar-refractivity contribution in [3.8, 4) is 28.1 Å². The van der Waals surface area contributed by atoms with Gasteiger partial charge in [-0.25, -0.2) is 4.68 Å². The maximum atomic E-state index is 13.9. The number of ether oxygens (including phenoxy) is 1. The Balaban J connectivity index is 1.45. The molecule has 0 saturated heterocycles. The van der Waals surface area contributed by atoms with Crippen molar-refractivity contribution in [2.24, 2.45) is 5.92 Å². The van der Waals surface area contributed by atoms with E-state index in [-0.39, 0.29) is 22.5 Å². The number of nitrogens with zero attached hydrogens (tertiary/aromatic N) is 7. The second kappa shape index (κ2) is 13.8. The van der Waals surface area contributed by atoms with Crippen LogP contribution >= 0.6 is 34.8 Å². The number of rotatable bonds is 7. The van der Waals surface area contributed by atoms with Crippen LogP contribution in [0.1, 0.15) is 44.3 Å². The smallest absolute Gasteiger partial charge is 0.251 e. The zero-order valence-electron chi connectivity index (χ0n) is 25.2. The molecule has 0 spiro atoms. The molecule has 0 aliphatic carbocycles. The summed E-state index contributed by atoms with van der Waals surface area (Å²) >= 11 is 19.4. The lowest BCUT2D eigenvalue weighted by Gasteiger charge is -2.23. The Kier molecular flexibility index (Phi) is 9.55. The van der Waals surface area contributed by atoms with Crippen LogP contribution in [0.2, 0.25) is 15.2 Å². The predicted octanol–water partition coefficient (Wildman–Crippen LogP) is 6.70. The molecule has 1 amide bonds. The molecule has 1 N–H and O–H groups in total. The van der Waals surface area contributed by atoms with Gasteiger partial charge in [-0.05, 0) is 49.6 Å². The number of benzene rings is 1.